The van der Waals surface area contributed by atoms with Crippen LogP contribution in [0, 0.1) is 10.1 Å². The van der Waals surface area contributed by atoms with Crippen molar-refractivity contribution in [3.63, 3.8) is 0 Å². The van der Waals surface area contributed by atoms with E-state index in [2.05, 4.69) is 15.3 Å². The van der Waals surface area contributed by atoms with Gasteiger partial charge in [-0.3, -0.25) is 10.1 Å². The number of nitrogens with one attached hydrogen (secondary N) is 1. The van der Waals surface area contributed by atoms with E-state index in [4.69, 9.17) is 4.74 Å². The normalized spacial score (nSPS) is 18.0. The monoisotopic (exact) mass is 448 g/mol. The molecule has 11 nitrogen and oxygen atoms in total. The van der Waals surface area contributed by atoms with Crippen LogP contribution < -0.4 is 10.2 Å². The van der Waals surface area contributed by atoms with Gasteiger partial charge in [-0.25, -0.2) is 18.4 Å². The number of benzene rings is 1. The average Bonchev–Trinajstić information content (AvgIpc) is 2.80. The van der Waals surface area contributed by atoms with Crippen molar-refractivity contribution in [3.05, 3.63) is 40.7 Å². The number of morpholine rings is 1. The van der Waals surface area contributed by atoms with Crippen LogP contribution in [0.5, 0.6) is 0 Å². The zero-order chi connectivity index (χ0) is 21.8. The molecule has 166 valence electrons. The lowest BCUT2D eigenvalue weighted by Gasteiger charge is -2.27. The molecule has 0 amide bonds. The Morgan fingerprint density at radius 3 is 2.32 bits per heavy atom. The lowest BCUT2D eigenvalue weighted by molar-refractivity contribution is -0.383. The average molecular weight is 449 g/mol. The summed E-state index contributed by atoms with van der Waals surface area (Å²) in [5, 5.41) is 14.7. The molecule has 2 aromatic rings. The SMILES string of the molecule is O=[N+]([O-])c1c(Nc2ccc(S(=O)(=O)N3CCOCC3)cc2)ncnc1N1CCCCC1. The molecule has 1 aromatic heterocycles. The van der Waals surface area contributed by atoms with E-state index in [0.717, 1.165) is 19.3 Å². The molecule has 0 spiro atoms. The van der Waals surface area contributed by atoms with Crippen LogP contribution in [0.2, 0.25) is 0 Å². The molecule has 31 heavy (non-hydrogen) atoms. The molecular formula is C19H24N6O5S. The van der Waals surface area contributed by atoms with E-state index in [9.17, 15) is 18.5 Å². The van der Waals surface area contributed by atoms with E-state index in [1.54, 1.807) is 12.1 Å². The fraction of sp³-hybridized carbons (Fsp3) is 0.474. The Labute approximate surface area is 180 Å². The second-order valence-electron chi connectivity index (χ2n) is 7.37. The first kappa shape index (κ1) is 21.4. The zero-order valence-electron chi connectivity index (χ0n) is 16.9. The van der Waals surface area contributed by atoms with Crippen LogP contribution in [0.4, 0.5) is 23.0 Å². The van der Waals surface area contributed by atoms with Crippen LogP contribution in [-0.2, 0) is 14.8 Å². The lowest BCUT2D eigenvalue weighted by Crippen LogP contribution is -2.40. The van der Waals surface area contributed by atoms with Gasteiger partial charge in [-0.2, -0.15) is 4.31 Å². The molecule has 4 rings (SSSR count). The first-order chi connectivity index (χ1) is 15.0. The summed E-state index contributed by atoms with van der Waals surface area (Å²) in [5.74, 6) is 0.373. The van der Waals surface area contributed by atoms with Gasteiger partial charge in [0.15, 0.2) is 0 Å². The highest BCUT2D eigenvalue weighted by Gasteiger charge is 2.29. The first-order valence-corrected chi connectivity index (χ1v) is 11.6. The van der Waals surface area contributed by atoms with Gasteiger partial charge in [0.2, 0.25) is 21.7 Å². The quantitative estimate of drug-likeness (QED) is 0.521. The summed E-state index contributed by atoms with van der Waals surface area (Å²) in [6.07, 6.45) is 4.32. The van der Waals surface area contributed by atoms with Crippen LogP contribution in [0.15, 0.2) is 35.5 Å². The third-order valence-electron chi connectivity index (χ3n) is 5.37. The number of sulfonamides is 1. The van der Waals surface area contributed by atoms with Gasteiger partial charge in [0.05, 0.1) is 23.0 Å². The van der Waals surface area contributed by atoms with E-state index in [-0.39, 0.29) is 16.4 Å². The molecule has 0 atom stereocenters. The molecule has 0 saturated carbocycles. The molecule has 2 aliphatic rings. The Bertz CT molecular complexity index is 1030. The minimum absolute atomic E-state index is 0.0735. The summed E-state index contributed by atoms with van der Waals surface area (Å²) >= 11 is 0. The zero-order valence-corrected chi connectivity index (χ0v) is 17.8. The highest BCUT2D eigenvalue weighted by Crippen LogP contribution is 2.35. The third-order valence-corrected chi connectivity index (χ3v) is 7.28. The third kappa shape index (κ3) is 4.60. The highest BCUT2D eigenvalue weighted by molar-refractivity contribution is 7.89. The minimum atomic E-state index is -3.61. The van der Waals surface area contributed by atoms with Crippen LogP contribution in [0.1, 0.15) is 19.3 Å². The van der Waals surface area contributed by atoms with Gasteiger partial charge in [0, 0.05) is 31.9 Å². The molecule has 12 heteroatoms. The maximum absolute atomic E-state index is 12.8. The number of hydrogen-bond donors (Lipinski definition) is 1. The highest BCUT2D eigenvalue weighted by atomic mass is 32.2. The minimum Gasteiger partial charge on any atom is -0.379 e. The van der Waals surface area contributed by atoms with Gasteiger partial charge in [-0.05, 0) is 43.5 Å². The Morgan fingerprint density at radius 1 is 1.00 bits per heavy atom. The largest absolute Gasteiger partial charge is 0.379 e. The molecule has 2 saturated heterocycles. The van der Waals surface area contributed by atoms with Crippen molar-refractivity contribution < 1.29 is 18.1 Å². The summed E-state index contributed by atoms with van der Waals surface area (Å²) in [4.78, 5) is 21.6. The number of hydrogen-bond acceptors (Lipinski definition) is 9. The van der Waals surface area contributed by atoms with E-state index < -0.39 is 14.9 Å². The fourth-order valence-electron chi connectivity index (χ4n) is 3.75. The summed E-state index contributed by atoms with van der Waals surface area (Å²) in [6, 6.07) is 6.09. The fourth-order valence-corrected chi connectivity index (χ4v) is 5.16. The van der Waals surface area contributed by atoms with Crippen molar-refractivity contribution in [2.75, 3.05) is 49.6 Å². The van der Waals surface area contributed by atoms with E-state index in [1.165, 1.54) is 22.8 Å². The van der Waals surface area contributed by atoms with Crippen molar-refractivity contribution in [1.82, 2.24) is 14.3 Å². The van der Waals surface area contributed by atoms with Crippen LogP contribution in [0.25, 0.3) is 0 Å². The van der Waals surface area contributed by atoms with Gasteiger partial charge < -0.3 is 15.0 Å². The number of rotatable bonds is 6. The summed E-state index contributed by atoms with van der Waals surface area (Å²) in [5.41, 5.74) is 0.307. The Morgan fingerprint density at radius 2 is 1.68 bits per heavy atom. The van der Waals surface area contributed by atoms with Crippen molar-refractivity contribution >= 4 is 33.0 Å². The molecule has 0 radical (unpaired) electrons. The van der Waals surface area contributed by atoms with Gasteiger partial charge in [0.1, 0.15) is 6.33 Å². The van der Waals surface area contributed by atoms with Gasteiger partial charge in [0.25, 0.3) is 0 Å². The number of aromatic nitrogens is 2. The number of nitro groups is 1. The second-order valence-corrected chi connectivity index (χ2v) is 9.30. The standard InChI is InChI=1S/C19H24N6O5S/c26-25(27)17-18(20-14-21-19(17)23-8-2-1-3-9-23)22-15-4-6-16(7-5-15)31(28,29)24-10-12-30-13-11-24/h4-7,14H,1-3,8-13H2,(H,20,21,22). The van der Waals surface area contributed by atoms with Gasteiger partial charge >= 0.3 is 5.69 Å². The Kier molecular flexibility index (Phi) is 6.30. The Balaban J connectivity index is 1.57. The number of nitrogens with zero attached hydrogens (tertiary/aromatic N) is 5. The van der Waals surface area contributed by atoms with E-state index in [1.807, 2.05) is 4.90 Å². The molecule has 0 aliphatic carbocycles. The van der Waals surface area contributed by atoms with Crippen LogP contribution in [-0.4, -0.2) is 67.0 Å². The number of ether oxygens (including phenoxy) is 1. The maximum atomic E-state index is 12.8. The molecule has 1 N–H and O–H groups in total. The molecule has 2 fully saturated rings. The summed E-state index contributed by atoms with van der Waals surface area (Å²) < 4.78 is 32.1. The topological polar surface area (TPSA) is 131 Å². The molecule has 0 bridgehead atoms. The van der Waals surface area contributed by atoms with Gasteiger partial charge in [-0.1, -0.05) is 0 Å². The molecule has 3 heterocycles. The predicted octanol–water partition coefficient (Wildman–Crippen LogP) is 2.14. The maximum Gasteiger partial charge on any atom is 0.353 e. The van der Waals surface area contributed by atoms with E-state index >= 15 is 0 Å². The number of piperidine rings is 1. The first-order valence-electron chi connectivity index (χ1n) is 10.2. The second kappa shape index (κ2) is 9.12. The van der Waals surface area contributed by atoms with Crippen molar-refractivity contribution in [3.8, 4) is 0 Å². The number of anilines is 3. The lowest BCUT2D eigenvalue weighted by atomic mass is 10.1. The molecule has 0 unspecified atom stereocenters. The molecule has 1 aromatic carbocycles. The Hall–Kier alpha value is -2.83. The van der Waals surface area contributed by atoms with Crippen LogP contribution >= 0.6 is 0 Å². The summed E-state index contributed by atoms with van der Waals surface area (Å²) in [6.45, 7) is 2.80. The summed E-state index contributed by atoms with van der Waals surface area (Å²) in [7, 11) is -3.61. The predicted molar refractivity (Wildman–Crippen MR) is 114 cm³/mol. The van der Waals surface area contributed by atoms with Crippen molar-refractivity contribution in [1.29, 1.82) is 0 Å². The van der Waals surface area contributed by atoms with Crippen LogP contribution in [0.3, 0.4) is 0 Å². The van der Waals surface area contributed by atoms with Crippen molar-refractivity contribution in [2.45, 2.75) is 24.2 Å². The smallest absolute Gasteiger partial charge is 0.353 e. The van der Waals surface area contributed by atoms with Crippen molar-refractivity contribution in [2.24, 2.45) is 0 Å². The molecule has 2 aliphatic heterocycles. The van der Waals surface area contributed by atoms with E-state index in [0.29, 0.717) is 50.9 Å². The van der Waals surface area contributed by atoms with Gasteiger partial charge in [-0.15, -0.1) is 0 Å². The molecular weight excluding hydrogens is 424 g/mol.